The van der Waals surface area contributed by atoms with Gasteiger partial charge in [-0.1, -0.05) is 0 Å². The second kappa shape index (κ2) is 9.28. The van der Waals surface area contributed by atoms with Crippen molar-refractivity contribution in [3.8, 4) is 5.75 Å². The van der Waals surface area contributed by atoms with Crippen LogP contribution in [0.15, 0.2) is 18.2 Å². The lowest BCUT2D eigenvalue weighted by atomic mass is 9.96. The first-order chi connectivity index (χ1) is 14.3. The van der Waals surface area contributed by atoms with Crippen LogP contribution in [0.4, 0.5) is 5.69 Å². The van der Waals surface area contributed by atoms with E-state index in [0.29, 0.717) is 49.5 Å². The highest BCUT2D eigenvalue weighted by Crippen LogP contribution is 2.34. The van der Waals surface area contributed by atoms with Gasteiger partial charge in [0.15, 0.2) is 11.9 Å². The first kappa shape index (κ1) is 21.8. The van der Waals surface area contributed by atoms with Gasteiger partial charge in [-0.25, -0.2) is 0 Å². The molecule has 0 saturated carbocycles. The summed E-state index contributed by atoms with van der Waals surface area (Å²) in [6, 6.07) is 4.98. The second-order valence-electron chi connectivity index (χ2n) is 7.67. The van der Waals surface area contributed by atoms with Crippen LogP contribution in [0.5, 0.6) is 5.75 Å². The lowest BCUT2D eigenvalue weighted by molar-refractivity contribution is -0.151. The minimum absolute atomic E-state index is 0.0876. The molecule has 0 aliphatic carbocycles. The van der Waals surface area contributed by atoms with Crippen LogP contribution < -0.4 is 9.64 Å². The highest BCUT2D eigenvalue weighted by molar-refractivity contribution is 6.03. The molecule has 0 bridgehead atoms. The molecular weight excluding hydrogens is 388 g/mol. The van der Waals surface area contributed by atoms with Gasteiger partial charge in [-0.05, 0) is 44.9 Å². The summed E-state index contributed by atoms with van der Waals surface area (Å²) in [5.41, 5.74) is 0.997. The van der Waals surface area contributed by atoms with Crippen LogP contribution in [0.25, 0.3) is 0 Å². The zero-order valence-corrected chi connectivity index (χ0v) is 17.7. The van der Waals surface area contributed by atoms with Crippen molar-refractivity contribution in [3.05, 3.63) is 23.8 Å². The van der Waals surface area contributed by atoms with E-state index in [1.165, 1.54) is 4.90 Å². The number of esters is 1. The molecule has 30 heavy (non-hydrogen) atoms. The van der Waals surface area contributed by atoms with Crippen molar-refractivity contribution in [1.82, 2.24) is 4.90 Å². The summed E-state index contributed by atoms with van der Waals surface area (Å²) in [5.74, 6) is -0.222. The molecule has 1 aromatic rings. The maximum Gasteiger partial charge on any atom is 0.309 e. The van der Waals surface area contributed by atoms with E-state index in [4.69, 9.17) is 9.47 Å². The Balaban J connectivity index is 1.53. The van der Waals surface area contributed by atoms with Gasteiger partial charge in [-0.15, -0.1) is 0 Å². The van der Waals surface area contributed by atoms with Crippen molar-refractivity contribution < 1.29 is 28.7 Å². The number of amides is 2. The fourth-order valence-corrected chi connectivity index (χ4v) is 3.83. The number of anilines is 1. The molecule has 3 rings (SSSR count). The monoisotopic (exact) mass is 416 g/mol. The number of likely N-dealkylation sites (tertiary alicyclic amines) is 1. The predicted molar refractivity (Wildman–Crippen MR) is 109 cm³/mol. The van der Waals surface area contributed by atoms with Crippen LogP contribution in [-0.4, -0.2) is 61.3 Å². The molecule has 0 spiro atoms. The Kier molecular flexibility index (Phi) is 6.74. The molecule has 8 nitrogen and oxygen atoms in total. The maximum atomic E-state index is 12.6. The Morgan fingerprint density at radius 1 is 1.17 bits per heavy atom. The Morgan fingerprint density at radius 3 is 2.53 bits per heavy atom. The smallest absolute Gasteiger partial charge is 0.309 e. The van der Waals surface area contributed by atoms with Crippen molar-refractivity contribution in [3.63, 3.8) is 0 Å². The molecule has 8 heteroatoms. The average Bonchev–Trinajstić information content (AvgIpc) is 2.75. The molecule has 1 atom stereocenters. The minimum Gasteiger partial charge on any atom is -0.479 e. The molecule has 2 heterocycles. The molecule has 1 unspecified atom stereocenters. The topological polar surface area (TPSA) is 93.2 Å². The molecule has 0 aromatic heterocycles. The fourth-order valence-electron chi connectivity index (χ4n) is 3.83. The summed E-state index contributed by atoms with van der Waals surface area (Å²) < 4.78 is 10.6. The lowest BCUT2D eigenvalue weighted by Crippen LogP contribution is -2.42. The molecule has 1 fully saturated rings. The van der Waals surface area contributed by atoms with Gasteiger partial charge in [0.25, 0.3) is 5.91 Å². The van der Waals surface area contributed by atoms with E-state index in [0.717, 1.165) is 0 Å². The maximum absolute atomic E-state index is 12.6. The number of ketones is 1. The van der Waals surface area contributed by atoms with E-state index in [9.17, 15) is 19.2 Å². The number of ether oxygens (including phenoxy) is 2. The summed E-state index contributed by atoms with van der Waals surface area (Å²) in [7, 11) is 1.65. The number of benzene rings is 1. The van der Waals surface area contributed by atoms with Gasteiger partial charge in [0.05, 0.1) is 18.2 Å². The third kappa shape index (κ3) is 4.63. The van der Waals surface area contributed by atoms with E-state index in [2.05, 4.69) is 0 Å². The number of rotatable bonds is 6. The van der Waals surface area contributed by atoms with Crippen molar-refractivity contribution >= 4 is 29.3 Å². The van der Waals surface area contributed by atoms with E-state index >= 15 is 0 Å². The minimum atomic E-state index is -0.561. The number of likely N-dealkylation sites (N-methyl/N-ethyl adjacent to an activating group) is 1. The van der Waals surface area contributed by atoms with Gasteiger partial charge >= 0.3 is 5.97 Å². The van der Waals surface area contributed by atoms with Crippen LogP contribution in [0.1, 0.15) is 49.9 Å². The summed E-state index contributed by atoms with van der Waals surface area (Å²) in [6.45, 7) is 4.81. The number of hydrogen-bond acceptors (Lipinski definition) is 6. The van der Waals surface area contributed by atoms with Gasteiger partial charge in [-0.3, -0.25) is 19.2 Å². The number of Topliss-reactive ketones (excluding diaryl/α,β-unsaturated/α-hetero) is 1. The van der Waals surface area contributed by atoms with Gasteiger partial charge in [0, 0.05) is 38.5 Å². The summed E-state index contributed by atoms with van der Waals surface area (Å²) in [5, 5.41) is 0. The van der Waals surface area contributed by atoms with E-state index in [1.54, 1.807) is 44.0 Å². The Labute approximate surface area is 176 Å². The van der Waals surface area contributed by atoms with Gasteiger partial charge in [0.1, 0.15) is 5.75 Å². The molecule has 2 aliphatic rings. The summed E-state index contributed by atoms with van der Waals surface area (Å²) in [6.07, 6.45) is 0.811. The second-order valence-corrected chi connectivity index (χ2v) is 7.67. The highest BCUT2D eigenvalue weighted by atomic mass is 16.5. The molecule has 0 radical (unpaired) electrons. The van der Waals surface area contributed by atoms with Crippen LogP contribution >= 0.6 is 0 Å². The zero-order valence-electron chi connectivity index (χ0n) is 17.7. The standard InChI is InChI=1S/C22H28N2O6/c1-4-29-22(28)15-9-11-24(12-10-15)20(26)8-6-18(25)16-5-7-19-17(13-16)23(3)21(27)14(2)30-19/h5,7,13-15H,4,6,8-12H2,1-3H3. The quantitative estimate of drug-likeness (QED) is 0.521. The van der Waals surface area contributed by atoms with E-state index in [1.807, 2.05) is 0 Å². The van der Waals surface area contributed by atoms with Crippen LogP contribution in [0, 0.1) is 5.92 Å². The molecular formula is C22H28N2O6. The molecule has 2 aliphatic heterocycles. The molecule has 1 aromatic carbocycles. The Morgan fingerprint density at radius 2 is 1.87 bits per heavy atom. The number of carbonyl (C=O) groups excluding carboxylic acids is 4. The van der Waals surface area contributed by atoms with E-state index < -0.39 is 6.10 Å². The van der Waals surface area contributed by atoms with Crippen LogP contribution in [0.3, 0.4) is 0 Å². The SMILES string of the molecule is CCOC(=O)C1CCN(C(=O)CCC(=O)c2ccc3c(c2)N(C)C(=O)C(C)O3)CC1. The van der Waals surface area contributed by atoms with Crippen LogP contribution in [-0.2, 0) is 19.1 Å². The Bertz CT molecular complexity index is 844. The van der Waals surface area contributed by atoms with Gasteiger partial charge < -0.3 is 19.3 Å². The van der Waals surface area contributed by atoms with E-state index in [-0.39, 0.29) is 42.3 Å². The van der Waals surface area contributed by atoms with Gasteiger partial charge in [0.2, 0.25) is 5.91 Å². The number of hydrogen-bond donors (Lipinski definition) is 0. The van der Waals surface area contributed by atoms with Crippen LogP contribution in [0.2, 0.25) is 0 Å². The number of carbonyl (C=O) groups is 4. The zero-order chi connectivity index (χ0) is 21.8. The predicted octanol–water partition coefficient (Wildman–Crippen LogP) is 2.19. The van der Waals surface area contributed by atoms with Crippen molar-refractivity contribution in [1.29, 1.82) is 0 Å². The third-order valence-electron chi connectivity index (χ3n) is 5.66. The van der Waals surface area contributed by atoms with Gasteiger partial charge in [-0.2, -0.15) is 0 Å². The summed E-state index contributed by atoms with van der Waals surface area (Å²) in [4.78, 5) is 52.2. The molecule has 162 valence electrons. The Hall–Kier alpha value is -2.90. The lowest BCUT2D eigenvalue weighted by Gasteiger charge is -2.31. The van der Waals surface area contributed by atoms with Crippen molar-refractivity contribution in [2.24, 2.45) is 5.92 Å². The normalized spacial score (nSPS) is 19.2. The molecule has 2 amide bonds. The van der Waals surface area contributed by atoms with Crippen molar-refractivity contribution in [2.75, 3.05) is 31.6 Å². The molecule has 1 saturated heterocycles. The first-order valence-electron chi connectivity index (χ1n) is 10.4. The average molecular weight is 416 g/mol. The third-order valence-corrected chi connectivity index (χ3v) is 5.66. The highest BCUT2D eigenvalue weighted by Gasteiger charge is 2.30. The largest absolute Gasteiger partial charge is 0.479 e. The number of piperidine rings is 1. The first-order valence-corrected chi connectivity index (χ1v) is 10.4. The fraction of sp³-hybridized carbons (Fsp3) is 0.545. The number of nitrogens with zero attached hydrogens (tertiary/aromatic N) is 2. The van der Waals surface area contributed by atoms with Crippen molar-refractivity contribution in [2.45, 2.75) is 45.6 Å². The molecule has 0 N–H and O–H groups in total. The summed E-state index contributed by atoms with van der Waals surface area (Å²) >= 11 is 0. The number of fused-ring (bicyclic) bond motifs is 1.